The number of rotatable bonds is 4. The van der Waals surface area contributed by atoms with E-state index in [1.54, 1.807) is 5.38 Å². The van der Waals surface area contributed by atoms with Crippen molar-refractivity contribution in [3.63, 3.8) is 0 Å². The van der Waals surface area contributed by atoms with Gasteiger partial charge in [0, 0.05) is 16.3 Å². The Kier molecular flexibility index (Phi) is 4.72. The maximum atomic E-state index is 13.1. The normalized spacial score (nSPS) is 10.8. The van der Waals surface area contributed by atoms with E-state index in [0.717, 1.165) is 12.1 Å². The first-order chi connectivity index (χ1) is 9.95. The van der Waals surface area contributed by atoms with Crippen LogP contribution in [0.3, 0.4) is 0 Å². The molecule has 0 radical (unpaired) electrons. The van der Waals surface area contributed by atoms with Crippen LogP contribution < -0.4 is 5.32 Å². The van der Waals surface area contributed by atoms with Crippen LogP contribution in [0, 0.1) is 5.82 Å². The Morgan fingerprint density at radius 2 is 2.10 bits per heavy atom. The molecule has 1 amide bonds. The van der Waals surface area contributed by atoms with Crippen LogP contribution in [-0.4, -0.2) is 17.0 Å². The molecular weight excluding hydrogens is 317 g/mol. The van der Waals surface area contributed by atoms with Crippen LogP contribution in [0.1, 0.15) is 15.2 Å². The summed E-state index contributed by atoms with van der Waals surface area (Å²) in [5, 5.41) is 12.8. The molecule has 1 aromatic carbocycles. The first-order valence-corrected chi connectivity index (χ1v) is 6.97. The summed E-state index contributed by atoms with van der Waals surface area (Å²) in [6.07, 6.45) is 2.37. The Balaban J connectivity index is 2.14. The van der Waals surface area contributed by atoms with Crippen molar-refractivity contribution >= 4 is 46.6 Å². The predicted molar refractivity (Wildman–Crippen MR) is 80.4 cm³/mol. The van der Waals surface area contributed by atoms with Crippen LogP contribution in [-0.2, 0) is 4.79 Å². The van der Waals surface area contributed by atoms with Gasteiger partial charge in [-0.05, 0) is 30.3 Å². The van der Waals surface area contributed by atoms with Gasteiger partial charge in [0.05, 0.1) is 16.3 Å². The van der Waals surface area contributed by atoms with Crippen LogP contribution in [0.25, 0.3) is 6.08 Å². The van der Waals surface area contributed by atoms with Gasteiger partial charge in [0.1, 0.15) is 5.82 Å². The molecule has 7 heteroatoms. The van der Waals surface area contributed by atoms with Gasteiger partial charge in [0.25, 0.3) is 5.91 Å². The molecule has 108 valence electrons. The summed E-state index contributed by atoms with van der Waals surface area (Å²) < 4.78 is 13.1. The highest BCUT2D eigenvalue weighted by molar-refractivity contribution is 7.11. The SMILES string of the molecule is O=C(O)/C=C/c1cc(C(=O)Nc2cc(F)ccc2Cl)cs1. The Morgan fingerprint density at radius 3 is 2.81 bits per heavy atom. The summed E-state index contributed by atoms with van der Waals surface area (Å²) in [7, 11) is 0. The number of carbonyl (C=O) groups excluding carboxylic acids is 1. The zero-order chi connectivity index (χ0) is 15.4. The van der Waals surface area contributed by atoms with Gasteiger partial charge in [-0.25, -0.2) is 9.18 Å². The van der Waals surface area contributed by atoms with Crippen LogP contribution in [0.4, 0.5) is 10.1 Å². The summed E-state index contributed by atoms with van der Waals surface area (Å²) in [5.41, 5.74) is 0.515. The Morgan fingerprint density at radius 1 is 1.33 bits per heavy atom. The average Bonchev–Trinajstić information content (AvgIpc) is 2.89. The topological polar surface area (TPSA) is 66.4 Å². The molecule has 0 aliphatic carbocycles. The number of amides is 1. The van der Waals surface area contributed by atoms with Crippen LogP contribution in [0.15, 0.2) is 35.7 Å². The van der Waals surface area contributed by atoms with E-state index in [2.05, 4.69) is 5.32 Å². The second-order valence-electron chi connectivity index (χ2n) is 3.99. The first-order valence-electron chi connectivity index (χ1n) is 5.71. The fourth-order valence-corrected chi connectivity index (χ4v) is 2.45. The molecule has 0 saturated heterocycles. The van der Waals surface area contributed by atoms with Gasteiger partial charge in [-0.15, -0.1) is 11.3 Å². The maximum Gasteiger partial charge on any atom is 0.328 e. The molecule has 2 rings (SSSR count). The van der Waals surface area contributed by atoms with E-state index in [0.29, 0.717) is 10.4 Å². The second-order valence-corrected chi connectivity index (χ2v) is 5.34. The molecule has 0 atom stereocenters. The van der Waals surface area contributed by atoms with Gasteiger partial charge >= 0.3 is 5.97 Å². The predicted octanol–water partition coefficient (Wildman–Crippen LogP) is 3.89. The number of hydrogen-bond donors (Lipinski definition) is 2. The molecule has 0 aliphatic rings. The molecule has 0 fully saturated rings. The van der Waals surface area contributed by atoms with Crippen molar-refractivity contribution in [2.24, 2.45) is 0 Å². The quantitative estimate of drug-likeness (QED) is 0.838. The smallest absolute Gasteiger partial charge is 0.328 e. The van der Waals surface area contributed by atoms with Crippen molar-refractivity contribution < 1.29 is 19.1 Å². The van der Waals surface area contributed by atoms with Gasteiger partial charge in [0.15, 0.2) is 0 Å². The molecule has 21 heavy (non-hydrogen) atoms. The van der Waals surface area contributed by atoms with E-state index in [1.165, 1.54) is 35.6 Å². The minimum absolute atomic E-state index is 0.176. The lowest BCUT2D eigenvalue weighted by Gasteiger charge is -2.05. The van der Waals surface area contributed by atoms with Crippen molar-refractivity contribution in [2.45, 2.75) is 0 Å². The first kappa shape index (κ1) is 15.2. The van der Waals surface area contributed by atoms with Gasteiger partial charge < -0.3 is 10.4 Å². The Bertz CT molecular complexity index is 727. The minimum Gasteiger partial charge on any atom is -0.478 e. The minimum atomic E-state index is -1.07. The van der Waals surface area contributed by atoms with Gasteiger partial charge in [-0.2, -0.15) is 0 Å². The zero-order valence-corrected chi connectivity index (χ0v) is 12.0. The van der Waals surface area contributed by atoms with E-state index in [9.17, 15) is 14.0 Å². The number of carboxylic acid groups (broad SMARTS) is 1. The van der Waals surface area contributed by atoms with E-state index in [-0.39, 0.29) is 10.7 Å². The number of carbonyl (C=O) groups is 2. The number of hydrogen-bond acceptors (Lipinski definition) is 3. The summed E-state index contributed by atoms with van der Waals surface area (Å²) in [5.74, 6) is -2.03. The van der Waals surface area contributed by atoms with Crippen molar-refractivity contribution in [3.8, 4) is 0 Å². The number of nitrogens with one attached hydrogen (secondary N) is 1. The summed E-state index contributed by atoms with van der Waals surface area (Å²) in [6, 6.07) is 5.20. The largest absolute Gasteiger partial charge is 0.478 e. The van der Waals surface area contributed by atoms with Crippen LogP contribution >= 0.6 is 22.9 Å². The monoisotopic (exact) mass is 325 g/mol. The molecule has 1 heterocycles. The van der Waals surface area contributed by atoms with E-state index in [1.807, 2.05) is 0 Å². The highest BCUT2D eigenvalue weighted by Crippen LogP contribution is 2.24. The molecular formula is C14H9ClFNO3S. The standard InChI is InChI=1S/C14H9ClFNO3S/c15-11-3-1-9(16)6-12(11)17-14(20)8-5-10(21-7-8)2-4-13(18)19/h1-7H,(H,17,20)(H,18,19)/b4-2+. The molecule has 0 aliphatic heterocycles. The summed E-state index contributed by atoms with van der Waals surface area (Å²) >= 11 is 7.08. The van der Waals surface area contributed by atoms with Crippen molar-refractivity contribution in [1.82, 2.24) is 0 Å². The van der Waals surface area contributed by atoms with Crippen molar-refractivity contribution in [3.05, 3.63) is 57.0 Å². The third kappa shape index (κ3) is 4.14. The molecule has 1 aromatic heterocycles. The third-order valence-electron chi connectivity index (χ3n) is 2.45. The molecule has 0 bridgehead atoms. The average molecular weight is 326 g/mol. The number of anilines is 1. The highest BCUT2D eigenvalue weighted by Gasteiger charge is 2.11. The lowest BCUT2D eigenvalue weighted by molar-refractivity contribution is -0.131. The summed E-state index contributed by atoms with van der Waals surface area (Å²) in [4.78, 5) is 23.0. The molecule has 4 nitrogen and oxygen atoms in total. The number of aliphatic carboxylic acids is 1. The molecule has 0 spiro atoms. The second kappa shape index (κ2) is 6.51. The summed E-state index contributed by atoms with van der Waals surface area (Å²) in [6.45, 7) is 0. The molecule has 0 saturated carbocycles. The maximum absolute atomic E-state index is 13.1. The van der Waals surface area contributed by atoms with Gasteiger partial charge in [0.2, 0.25) is 0 Å². The molecule has 2 aromatic rings. The highest BCUT2D eigenvalue weighted by atomic mass is 35.5. The van der Waals surface area contributed by atoms with Gasteiger partial charge in [-0.3, -0.25) is 4.79 Å². The van der Waals surface area contributed by atoms with Crippen LogP contribution in [0.2, 0.25) is 5.02 Å². The van der Waals surface area contributed by atoms with Crippen molar-refractivity contribution in [2.75, 3.05) is 5.32 Å². The Hall–Kier alpha value is -2.18. The molecule has 2 N–H and O–H groups in total. The number of halogens is 2. The molecule has 0 unspecified atom stereocenters. The lowest BCUT2D eigenvalue weighted by atomic mass is 10.2. The zero-order valence-electron chi connectivity index (χ0n) is 10.5. The van der Waals surface area contributed by atoms with Gasteiger partial charge in [-0.1, -0.05) is 11.6 Å². The lowest BCUT2D eigenvalue weighted by Crippen LogP contribution is -2.11. The van der Waals surface area contributed by atoms with E-state index >= 15 is 0 Å². The van der Waals surface area contributed by atoms with Crippen LogP contribution in [0.5, 0.6) is 0 Å². The van der Waals surface area contributed by atoms with Crippen molar-refractivity contribution in [1.29, 1.82) is 0 Å². The number of benzene rings is 1. The van der Waals surface area contributed by atoms with E-state index < -0.39 is 17.7 Å². The van der Waals surface area contributed by atoms with E-state index in [4.69, 9.17) is 16.7 Å². The number of carboxylic acids is 1. The Labute approximate surface area is 128 Å². The third-order valence-corrected chi connectivity index (χ3v) is 3.68. The fraction of sp³-hybridized carbons (Fsp3) is 0. The number of thiophene rings is 1. The fourth-order valence-electron chi connectivity index (χ4n) is 1.50.